The number of aryl methyl sites for hydroxylation is 1. The van der Waals surface area contributed by atoms with Crippen LogP contribution in [-0.4, -0.2) is 53.4 Å². The van der Waals surface area contributed by atoms with Gasteiger partial charge in [-0.2, -0.15) is 0 Å². The van der Waals surface area contributed by atoms with E-state index in [1.54, 1.807) is 4.90 Å². The summed E-state index contributed by atoms with van der Waals surface area (Å²) < 4.78 is 6.39. The van der Waals surface area contributed by atoms with E-state index in [4.69, 9.17) is 4.74 Å². The Morgan fingerprint density at radius 1 is 1.23 bits per heavy atom. The molecule has 0 aromatic heterocycles. The Labute approximate surface area is 183 Å². The number of benzene rings is 1. The predicted molar refractivity (Wildman–Crippen MR) is 117 cm³/mol. The highest BCUT2D eigenvalue weighted by Crippen LogP contribution is 2.34. The van der Waals surface area contributed by atoms with Gasteiger partial charge in [0.05, 0.1) is 12.1 Å². The summed E-state index contributed by atoms with van der Waals surface area (Å²) in [4.78, 5) is 40.0. The third-order valence-electron chi connectivity index (χ3n) is 7.00. The molecule has 2 heterocycles. The number of amides is 3. The molecule has 0 bridgehead atoms. The maximum atomic E-state index is 12.9. The van der Waals surface area contributed by atoms with Crippen molar-refractivity contribution in [2.45, 2.75) is 82.9 Å². The zero-order chi connectivity index (χ0) is 22.0. The lowest BCUT2D eigenvalue weighted by Gasteiger charge is -2.33. The number of likely N-dealkylation sites (tertiary alicyclic amines) is 1. The first-order chi connectivity index (χ1) is 14.9. The largest absolute Gasteiger partial charge is 0.485 e. The molecule has 0 radical (unpaired) electrons. The maximum absolute atomic E-state index is 12.9. The fraction of sp³-hybridized carbons (Fsp3) is 0.625. The summed E-state index contributed by atoms with van der Waals surface area (Å²) in [7, 11) is 0. The molecule has 7 nitrogen and oxygen atoms in total. The van der Waals surface area contributed by atoms with E-state index >= 15 is 0 Å². The molecule has 2 atom stereocenters. The second-order valence-corrected chi connectivity index (χ2v) is 9.32. The first kappa shape index (κ1) is 21.7. The molecule has 3 aliphatic rings. The zero-order valence-electron chi connectivity index (χ0n) is 18.5. The van der Waals surface area contributed by atoms with Crippen LogP contribution in [0.5, 0.6) is 5.75 Å². The van der Waals surface area contributed by atoms with Crippen LogP contribution >= 0.6 is 0 Å². The van der Waals surface area contributed by atoms with E-state index in [-0.39, 0.29) is 30.2 Å². The topological polar surface area (TPSA) is 87.7 Å². The van der Waals surface area contributed by atoms with Gasteiger partial charge in [-0.05, 0) is 45.2 Å². The highest BCUT2D eigenvalue weighted by atomic mass is 16.5. The zero-order valence-corrected chi connectivity index (χ0v) is 18.5. The number of nitrogens with zero attached hydrogens (tertiary/aromatic N) is 1. The van der Waals surface area contributed by atoms with Crippen LogP contribution in [0.3, 0.4) is 0 Å². The van der Waals surface area contributed by atoms with Crippen LogP contribution in [0.25, 0.3) is 0 Å². The second-order valence-electron chi connectivity index (χ2n) is 9.32. The molecule has 1 aliphatic carbocycles. The average Bonchev–Trinajstić information content (AvgIpc) is 3.01. The lowest BCUT2D eigenvalue weighted by molar-refractivity contribution is -0.139. The monoisotopic (exact) mass is 427 g/mol. The summed E-state index contributed by atoms with van der Waals surface area (Å²) in [6.45, 7) is 4.52. The van der Waals surface area contributed by atoms with E-state index in [2.05, 4.69) is 10.6 Å². The minimum atomic E-state index is -0.653. The van der Waals surface area contributed by atoms with Crippen molar-refractivity contribution in [3.05, 3.63) is 29.3 Å². The molecule has 3 amide bonds. The minimum absolute atomic E-state index is 0.0357. The van der Waals surface area contributed by atoms with Crippen molar-refractivity contribution in [3.63, 3.8) is 0 Å². The molecule has 2 unspecified atom stereocenters. The minimum Gasteiger partial charge on any atom is -0.485 e. The Morgan fingerprint density at radius 2 is 2.00 bits per heavy atom. The van der Waals surface area contributed by atoms with Gasteiger partial charge in [0.2, 0.25) is 11.8 Å². The van der Waals surface area contributed by atoms with Crippen LogP contribution < -0.4 is 15.4 Å². The highest BCUT2D eigenvalue weighted by Gasteiger charge is 2.42. The van der Waals surface area contributed by atoms with Crippen LogP contribution in [0.4, 0.5) is 0 Å². The normalized spacial score (nSPS) is 25.7. The number of rotatable bonds is 3. The van der Waals surface area contributed by atoms with E-state index in [9.17, 15) is 14.4 Å². The van der Waals surface area contributed by atoms with Crippen LogP contribution in [0.2, 0.25) is 0 Å². The molecule has 1 saturated heterocycles. The van der Waals surface area contributed by atoms with Crippen molar-refractivity contribution in [2.24, 2.45) is 0 Å². The number of fused-ring (bicyclic) bond motifs is 1. The van der Waals surface area contributed by atoms with Crippen molar-refractivity contribution >= 4 is 17.7 Å². The number of ether oxygens (including phenoxy) is 1. The van der Waals surface area contributed by atoms with Gasteiger partial charge < -0.3 is 20.3 Å². The molecule has 2 fully saturated rings. The third kappa shape index (κ3) is 4.70. The lowest BCUT2D eigenvalue weighted by atomic mass is 9.94. The van der Waals surface area contributed by atoms with E-state index in [0.29, 0.717) is 37.2 Å². The fourth-order valence-electron chi connectivity index (χ4n) is 4.97. The molecule has 1 aromatic carbocycles. The molecular weight excluding hydrogens is 394 g/mol. The summed E-state index contributed by atoms with van der Waals surface area (Å²) >= 11 is 0. The summed E-state index contributed by atoms with van der Waals surface area (Å²) in [6, 6.07) is 5.30. The number of hydrogen-bond acceptors (Lipinski definition) is 4. The summed E-state index contributed by atoms with van der Waals surface area (Å²) in [5.74, 6) is 0.298. The third-order valence-corrected chi connectivity index (χ3v) is 7.00. The van der Waals surface area contributed by atoms with Gasteiger partial charge in [-0.15, -0.1) is 0 Å². The first-order valence-corrected chi connectivity index (χ1v) is 11.5. The van der Waals surface area contributed by atoms with Gasteiger partial charge in [-0.1, -0.05) is 30.9 Å². The molecule has 7 heteroatoms. The van der Waals surface area contributed by atoms with Crippen LogP contribution in [0, 0.1) is 6.92 Å². The maximum Gasteiger partial charge on any atom is 0.255 e. The summed E-state index contributed by atoms with van der Waals surface area (Å²) in [5.41, 5.74) is 0.873. The van der Waals surface area contributed by atoms with Gasteiger partial charge in [-0.25, -0.2) is 0 Å². The van der Waals surface area contributed by atoms with Crippen molar-refractivity contribution in [1.82, 2.24) is 15.5 Å². The SMILES string of the molecule is Cc1ccc2c(c1)C(=O)NCC1(CCC(=O)N(C(C)C(=O)NC3CCCCC3)CC1)O2. The summed E-state index contributed by atoms with van der Waals surface area (Å²) in [5, 5.41) is 6.12. The Balaban J connectivity index is 1.46. The fourth-order valence-corrected chi connectivity index (χ4v) is 4.97. The smallest absolute Gasteiger partial charge is 0.255 e. The molecule has 31 heavy (non-hydrogen) atoms. The van der Waals surface area contributed by atoms with Gasteiger partial charge in [-0.3, -0.25) is 14.4 Å². The second kappa shape index (κ2) is 8.89. The van der Waals surface area contributed by atoms with Gasteiger partial charge in [0.25, 0.3) is 5.91 Å². The number of carbonyl (C=O) groups is 3. The van der Waals surface area contributed by atoms with Crippen LogP contribution in [0.15, 0.2) is 18.2 Å². The highest BCUT2D eigenvalue weighted by molar-refractivity contribution is 5.97. The van der Waals surface area contributed by atoms with Gasteiger partial charge in [0.1, 0.15) is 17.4 Å². The van der Waals surface area contributed by atoms with E-state index in [0.717, 1.165) is 31.2 Å². The Bertz CT molecular complexity index is 864. The quantitative estimate of drug-likeness (QED) is 0.776. The molecule has 2 aliphatic heterocycles. The number of hydrogen-bond donors (Lipinski definition) is 2. The van der Waals surface area contributed by atoms with E-state index in [1.807, 2.05) is 32.0 Å². The molecule has 1 saturated carbocycles. The van der Waals surface area contributed by atoms with E-state index < -0.39 is 11.6 Å². The van der Waals surface area contributed by atoms with Crippen LogP contribution in [-0.2, 0) is 9.59 Å². The molecular formula is C24H33N3O4. The molecule has 1 spiro atoms. The molecule has 1 aromatic rings. The van der Waals surface area contributed by atoms with Gasteiger partial charge >= 0.3 is 0 Å². The molecule has 2 N–H and O–H groups in total. The molecule has 168 valence electrons. The van der Waals surface area contributed by atoms with Crippen LogP contribution in [0.1, 0.15) is 74.2 Å². The van der Waals surface area contributed by atoms with Crippen molar-refractivity contribution in [1.29, 1.82) is 0 Å². The summed E-state index contributed by atoms with van der Waals surface area (Å²) in [6.07, 6.45) is 6.92. The van der Waals surface area contributed by atoms with Crippen molar-refractivity contribution in [2.75, 3.05) is 13.1 Å². The van der Waals surface area contributed by atoms with Gasteiger partial charge in [0, 0.05) is 25.4 Å². The Morgan fingerprint density at radius 3 is 2.77 bits per heavy atom. The lowest BCUT2D eigenvalue weighted by Crippen LogP contribution is -2.51. The number of nitrogens with one attached hydrogen (secondary N) is 2. The number of carbonyl (C=O) groups excluding carboxylic acids is 3. The Hall–Kier alpha value is -2.57. The van der Waals surface area contributed by atoms with Crippen molar-refractivity contribution < 1.29 is 19.1 Å². The molecule has 4 rings (SSSR count). The standard InChI is InChI=1S/C24H33N3O4/c1-16-8-9-20-19(14-16)23(30)25-15-24(31-20)11-10-21(28)27(13-12-24)17(2)22(29)26-18-6-4-3-5-7-18/h8-9,14,17-18H,3-7,10-13,15H2,1-2H3,(H,25,30)(H,26,29). The average molecular weight is 428 g/mol. The van der Waals surface area contributed by atoms with E-state index in [1.165, 1.54) is 6.42 Å². The predicted octanol–water partition coefficient (Wildman–Crippen LogP) is 2.71. The Kier molecular flexibility index (Phi) is 6.21. The van der Waals surface area contributed by atoms with Gasteiger partial charge in [0.15, 0.2) is 0 Å². The van der Waals surface area contributed by atoms with Crippen molar-refractivity contribution in [3.8, 4) is 5.75 Å². The first-order valence-electron chi connectivity index (χ1n) is 11.5.